The summed E-state index contributed by atoms with van der Waals surface area (Å²) in [6.07, 6.45) is 2.31. The van der Waals surface area contributed by atoms with Crippen molar-refractivity contribution in [1.82, 2.24) is 15.5 Å². The number of aromatic amines is 1. The first-order valence-corrected chi connectivity index (χ1v) is 8.96. The Hall–Kier alpha value is -2.54. The van der Waals surface area contributed by atoms with Crippen molar-refractivity contribution < 1.29 is 9.53 Å². The summed E-state index contributed by atoms with van der Waals surface area (Å²) in [7, 11) is 0. The SMILES string of the molecule is CC1COc2ccc(C(=O)NC3CCN(c4cn[nH]c(=O)c4Cl)C3)cc21. The Kier molecular flexibility index (Phi) is 4.32. The molecule has 1 fully saturated rings. The third kappa shape index (κ3) is 3.03. The quantitative estimate of drug-likeness (QED) is 0.857. The average molecular weight is 375 g/mol. The number of benzene rings is 1. The Labute approximate surface area is 155 Å². The summed E-state index contributed by atoms with van der Waals surface area (Å²) in [5.41, 5.74) is 1.89. The van der Waals surface area contributed by atoms with E-state index in [9.17, 15) is 9.59 Å². The van der Waals surface area contributed by atoms with E-state index in [-0.39, 0.29) is 17.0 Å². The maximum atomic E-state index is 12.6. The molecule has 0 saturated carbocycles. The fourth-order valence-corrected chi connectivity index (χ4v) is 3.68. The summed E-state index contributed by atoms with van der Waals surface area (Å²) < 4.78 is 5.58. The van der Waals surface area contributed by atoms with Gasteiger partial charge in [0.2, 0.25) is 0 Å². The van der Waals surface area contributed by atoms with Crippen molar-refractivity contribution in [1.29, 1.82) is 0 Å². The van der Waals surface area contributed by atoms with E-state index in [4.69, 9.17) is 16.3 Å². The normalized spacial score (nSPS) is 21.4. The highest BCUT2D eigenvalue weighted by molar-refractivity contribution is 6.33. The van der Waals surface area contributed by atoms with Gasteiger partial charge >= 0.3 is 0 Å². The average Bonchev–Trinajstić information content (AvgIpc) is 3.24. The van der Waals surface area contributed by atoms with Gasteiger partial charge in [0.1, 0.15) is 10.8 Å². The molecule has 1 aromatic heterocycles. The molecular weight excluding hydrogens is 356 g/mol. The number of amides is 1. The number of carbonyl (C=O) groups is 1. The highest BCUT2D eigenvalue weighted by Crippen LogP contribution is 2.34. The van der Waals surface area contributed by atoms with Crippen molar-refractivity contribution in [2.45, 2.75) is 25.3 Å². The van der Waals surface area contributed by atoms with Gasteiger partial charge in [-0.1, -0.05) is 18.5 Å². The van der Waals surface area contributed by atoms with Crippen molar-refractivity contribution in [3.63, 3.8) is 0 Å². The monoisotopic (exact) mass is 374 g/mol. The smallest absolute Gasteiger partial charge is 0.285 e. The first-order valence-electron chi connectivity index (χ1n) is 8.58. The Morgan fingerprint density at radius 3 is 3.15 bits per heavy atom. The van der Waals surface area contributed by atoms with Crippen LogP contribution in [0.15, 0.2) is 29.2 Å². The zero-order valence-corrected chi connectivity index (χ0v) is 15.0. The largest absolute Gasteiger partial charge is 0.493 e. The van der Waals surface area contributed by atoms with Crippen LogP contribution in [0.1, 0.15) is 35.2 Å². The number of rotatable bonds is 3. The summed E-state index contributed by atoms with van der Waals surface area (Å²) in [6.45, 7) is 4.02. The molecule has 2 aromatic rings. The first-order chi connectivity index (χ1) is 12.5. The molecule has 1 saturated heterocycles. The first kappa shape index (κ1) is 16.9. The van der Waals surface area contributed by atoms with Crippen molar-refractivity contribution in [2.75, 3.05) is 24.6 Å². The molecular formula is C18H19ClN4O3. The molecule has 2 aliphatic heterocycles. The molecule has 2 N–H and O–H groups in total. The molecule has 2 atom stereocenters. The van der Waals surface area contributed by atoms with Crippen molar-refractivity contribution in [2.24, 2.45) is 0 Å². The molecule has 136 valence electrons. The summed E-state index contributed by atoms with van der Waals surface area (Å²) in [4.78, 5) is 26.2. The van der Waals surface area contributed by atoms with E-state index in [1.54, 1.807) is 6.07 Å². The molecule has 8 heteroatoms. The number of aromatic nitrogens is 2. The van der Waals surface area contributed by atoms with Crippen LogP contribution in [-0.2, 0) is 0 Å². The van der Waals surface area contributed by atoms with Crippen LogP contribution in [-0.4, -0.2) is 41.8 Å². The van der Waals surface area contributed by atoms with Gasteiger partial charge in [-0.2, -0.15) is 5.10 Å². The van der Waals surface area contributed by atoms with Gasteiger partial charge in [0, 0.05) is 36.2 Å². The second kappa shape index (κ2) is 6.64. The summed E-state index contributed by atoms with van der Waals surface area (Å²) in [5, 5.41) is 9.30. The maximum Gasteiger partial charge on any atom is 0.285 e. The van der Waals surface area contributed by atoms with Crippen LogP contribution in [0, 0.1) is 0 Å². The Balaban J connectivity index is 1.44. The number of hydrogen-bond acceptors (Lipinski definition) is 5. The van der Waals surface area contributed by atoms with Gasteiger partial charge in [0.15, 0.2) is 0 Å². The van der Waals surface area contributed by atoms with Gasteiger partial charge in [-0.15, -0.1) is 0 Å². The van der Waals surface area contributed by atoms with Gasteiger partial charge in [-0.25, -0.2) is 5.10 Å². The van der Waals surface area contributed by atoms with Crippen LogP contribution >= 0.6 is 11.6 Å². The molecule has 0 bridgehead atoms. The van der Waals surface area contributed by atoms with E-state index in [0.717, 1.165) is 17.7 Å². The standard InChI is InChI=1S/C18H19ClN4O3/c1-10-9-26-15-3-2-11(6-13(10)15)17(24)21-12-4-5-23(8-12)14-7-20-22-18(25)16(14)19/h2-3,6-7,10,12H,4-5,8-9H2,1H3,(H,21,24)(H,22,25). The number of fused-ring (bicyclic) bond motifs is 1. The van der Waals surface area contributed by atoms with Gasteiger partial charge < -0.3 is 15.0 Å². The van der Waals surface area contributed by atoms with E-state index < -0.39 is 5.56 Å². The molecule has 1 aromatic carbocycles. The molecule has 3 heterocycles. The minimum Gasteiger partial charge on any atom is -0.493 e. The van der Waals surface area contributed by atoms with Crippen LogP contribution in [0.3, 0.4) is 0 Å². The number of halogens is 1. The Bertz CT molecular complexity index is 914. The number of H-pyrrole nitrogens is 1. The predicted octanol–water partition coefficient (Wildman–Crippen LogP) is 1.93. The maximum absolute atomic E-state index is 12.6. The fourth-order valence-electron chi connectivity index (χ4n) is 3.47. The lowest BCUT2D eigenvalue weighted by Gasteiger charge is -2.19. The lowest BCUT2D eigenvalue weighted by atomic mass is 10.0. The lowest BCUT2D eigenvalue weighted by molar-refractivity contribution is 0.0940. The molecule has 0 radical (unpaired) electrons. The molecule has 2 unspecified atom stereocenters. The van der Waals surface area contributed by atoms with Crippen LogP contribution in [0.25, 0.3) is 0 Å². The molecule has 0 aliphatic carbocycles. The molecule has 7 nitrogen and oxygen atoms in total. The van der Waals surface area contributed by atoms with Gasteiger partial charge in [0.25, 0.3) is 11.5 Å². The predicted molar refractivity (Wildman–Crippen MR) is 98.3 cm³/mol. The highest BCUT2D eigenvalue weighted by Gasteiger charge is 2.27. The number of anilines is 1. The van der Waals surface area contributed by atoms with Crippen LogP contribution in [0.5, 0.6) is 5.75 Å². The number of nitrogens with zero attached hydrogens (tertiary/aromatic N) is 2. The number of nitrogens with one attached hydrogen (secondary N) is 2. The van der Waals surface area contributed by atoms with Crippen molar-refractivity contribution in [3.8, 4) is 5.75 Å². The zero-order valence-electron chi connectivity index (χ0n) is 14.3. The molecule has 26 heavy (non-hydrogen) atoms. The fraction of sp³-hybridized carbons (Fsp3) is 0.389. The molecule has 4 rings (SSSR count). The van der Waals surface area contributed by atoms with Crippen LogP contribution < -0.4 is 20.5 Å². The minimum absolute atomic E-state index is 0.0141. The van der Waals surface area contributed by atoms with Gasteiger partial charge in [-0.3, -0.25) is 9.59 Å². The summed E-state index contributed by atoms with van der Waals surface area (Å²) in [6, 6.07) is 5.54. The van der Waals surface area contributed by atoms with Gasteiger partial charge in [-0.05, 0) is 24.6 Å². The Morgan fingerprint density at radius 2 is 2.31 bits per heavy atom. The zero-order chi connectivity index (χ0) is 18.3. The van der Waals surface area contributed by atoms with E-state index in [2.05, 4.69) is 22.4 Å². The van der Waals surface area contributed by atoms with Crippen molar-refractivity contribution >= 4 is 23.2 Å². The third-order valence-electron chi connectivity index (χ3n) is 4.93. The van der Waals surface area contributed by atoms with E-state index >= 15 is 0 Å². The van der Waals surface area contributed by atoms with Gasteiger partial charge in [0.05, 0.1) is 18.5 Å². The third-order valence-corrected chi connectivity index (χ3v) is 5.30. The summed E-state index contributed by atoms with van der Waals surface area (Å²) in [5.74, 6) is 1.05. The number of ether oxygens (including phenoxy) is 1. The van der Waals surface area contributed by atoms with E-state index in [1.807, 2.05) is 17.0 Å². The number of carbonyl (C=O) groups excluding carboxylic acids is 1. The van der Waals surface area contributed by atoms with Crippen LogP contribution in [0.2, 0.25) is 5.02 Å². The second-order valence-corrected chi connectivity index (χ2v) is 7.15. The molecule has 2 aliphatic rings. The van der Waals surface area contributed by atoms with E-state index in [1.165, 1.54) is 6.20 Å². The number of hydrogen-bond donors (Lipinski definition) is 2. The molecule has 0 spiro atoms. The lowest BCUT2D eigenvalue weighted by Crippen LogP contribution is -2.37. The summed E-state index contributed by atoms with van der Waals surface area (Å²) >= 11 is 6.07. The topological polar surface area (TPSA) is 87.3 Å². The van der Waals surface area contributed by atoms with Crippen LogP contribution in [0.4, 0.5) is 5.69 Å². The van der Waals surface area contributed by atoms with Crippen molar-refractivity contribution in [3.05, 3.63) is 50.9 Å². The minimum atomic E-state index is -0.411. The second-order valence-electron chi connectivity index (χ2n) is 6.77. The molecule has 1 amide bonds. The Morgan fingerprint density at radius 1 is 1.46 bits per heavy atom. The highest BCUT2D eigenvalue weighted by atomic mass is 35.5. The van der Waals surface area contributed by atoms with E-state index in [0.29, 0.717) is 36.9 Å².